The highest BCUT2D eigenvalue weighted by Gasteiger charge is 2.26. The number of thiophene rings is 1. The van der Waals surface area contributed by atoms with Crippen LogP contribution in [0.3, 0.4) is 0 Å². The van der Waals surface area contributed by atoms with E-state index in [0.29, 0.717) is 43.9 Å². The van der Waals surface area contributed by atoms with Crippen LogP contribution in [0.15, 0.2) is 36.0 Å². The first kappa shape index (κ1) is 27.5. The number of nitrogens with zero attached hydrogens (tertiary/aromatic N) is 3. The molecule has 1 amide bonds. The molecule has 37 heavy (non-hydrogen) atoms. The average molecular weight is 582 g/mol. The quantitative estimate of drug-likeness (QED) is 0.132. The first-order valence-electron chi connectivity index (χ1n) is 11.7. The van der Waals surface area contributed by atoms with Crippen molar-refractivity contribution in [3.63, 3.8) is 0 Å². The number of hydrogen-bond donors (Lipinski definition) is 1. The van der Waals surface area contributed by atoms with Crippen molar-refractivity contribution in [1.82, 2.24) is 14.8 Å². The van der Waals surface area contributed by atoms with Crippen LogP contribution in [0, 0.1) is 0 Å². The van der Waals surface area contributed by atoms with Crippen molar-refractivity contribution < 1.29 is 19.1 Å². The molecule has 0 saturated carbocycles. The molecule has 0 saturated heterocycles. The van der Waals surface area contributed by atoms with Gasteiger partial charge in [0.05, 0.1) is 23.4 Å². The number of halogens is 2. The summed E-state index contributed by atoms with van der Waals surface area (Å²) in [5.74, 6) is 0.457. The molecular weight excluding hydrogens is 555 g/mol. The predicted molar refractivity (Wildman–Crippen MR) is 147 cm³/mol. The Morgan fingerprint density at radius 3 is 2.81 bits per heavy atom. The third-order valence-electron chi connectivity index (χ3n) is 5.75. The number of aromatic nitrogens is 3. The summed E-state index contributed by atoms with van der Waals surface area (Å²) in [5.41, 5.74) is 1.49. The van der Waals surface area contributed by atoms with Crippen molar-refractivity contribution in [2.24, 2.45) is 0 Å². The number of allylic oxidation sites excluding steroid dienone is 1. The Hall–Kier alpha value is -2.53. The highest BCUT2D eigenvalue weighted by molar-refractivity contribution is 7.99. The summed E-state index contributed by atoms with van der Waals surface area (Å²) in [6, 6.07) is 4.98. The van der Waals surface area contributed by atoms with Gasteiger partial charge in [-0.05, 0) is 49.4 Å². The molecule has 8 nitrogen and oxygen atoms in total. The van der Waals surface area contributed by atoms with Gasteiger partial charge in [-0.15, -0.1) is 28.1 Å². The van der Waals surface area contributed by atoms with E-state index in [2.05, 4.69) is 22.1 Å². The standard InChI is InChI=1S/C25H26Cl2N4O4S2/c1-3-11-31-20(13-35-18-10-9-15(26)12-17(18)27)29-30-25(31)36-14-21(32)28-23-22(24(33)34-2)16-7-5-4-6-8-19(16)37-23/h3,9-10,12H,1,4-8,11,13-14H2,2H3,(H,28,32). The van der Waals surface area contributed by atoms with Gasteiger partial charge in [0.15, 0.2) is 11.0 Å². The third kappa shape index (κ3) is 6.67. The lowest BCUT2D eigenvalue weighted by Gasteiger charge is -2.10. The molecule has 0 atom stereocenters. The van der Waals surface area contributed by atoms with E-state index >= 15 is 0 Å². The highest BCUT2D eigenvalue weighted by Crippen LogP contribution is 2.38. The number of esters is 1. The van der Waals surface area contributed by atoms with Crippen LogP contribution in [-0.4, -0.2) is 39.5 Å². The largest absolute Gasteiger partial charge is 0.484 e. The summed E-state index contributed by atoms with van der Waals surface area (Å²) >= 11 is 14.8. The zero-order chi connectivity index (χ0) is 26.4. The van der Waals surface area contributed by atoms with Crippen LogP contribution in [0.4, 0.5) is 5.00 Å². The first-order valence-corrected chi connectivity index (χ1v) is 14.2. The Balaban J connectivity index is 1.43. The first-order chi connectivity index (χ1) is 17.9. The molecule has 1 aromatic carbocycles. The molecule has 2 heterocycles. The molecule has 0 radical (unpaired) electrons. The predicted octanol–water partition coefficient (Wildman–Crippen LogP) is 6.20. The average Bonchev–Trinajstić information content (AvgIpc) is 3.33. The van der Waals surface area contributed by atoms with Crippen LogP contribution >= 0.6 is 46.3 Å². The maximum absolute atomic E-state index is 12.9. The minimum absolute atomic E-state index is 0.0856. The fraction of sp³-hybridized carbons (Fsp3) is 0.360. The van der Waals surface area contributed by atoms with Crippen LogP contribution < -0.4 is 10.1 Å². The Bertz CT molecular complexity index is 1310. The summed E-state index contributed by atoms with van der Waals surface area (Å²) in [4.78, 5) is 26.6. The van der Waals surface area contributed by atoms with Crippen molar-refractivity contribution in [2.75, 3.05) is 18.2 Å². The molecule has 1 aliphatic carbocycles. The second-order valence-corrected chi connectivity index (χ2v) is 11.1. The number of carbonyl (C=O) groups excluding carboxylic acids is 2. The van der Waals surface area contributed by atoms with Crippen LogP contribution in [0.25, 0.3) is 0 Å². The van der Waals surface area contributed by atoms with E-state index in [9.17, 15) is 9.59 Å². The molecule has 12 heteroatoms. The normalized spacial score (nSPS) is 12.9. The maximum Gasteiger partial charge on any atom is 0.341 e. The van der Waals surface area contributed by atoms with Crippen molar-refractivity contribution in [2.45, 2.75) is 50.4 Å². The minimum atomic E-state index is -0.418. The zero-order valence-electron chi connectivity index (χ0n) is 20.2. The maximum atomic E-state index is 12.9. The molecular formula is C25H26Cl2N4O4S2. The number of ether oxygens (including phenoxy) is 2. The van der Waals surface area contributed by atoms with E-state index in [1.54, 1.807) is 24.3 Å². The van der Waals surface area contributed by atoms with Crippen LogP contribution in [0.1, 0.15) is 45.9 Å². The lowest BCUT2D eigenvalue weighted by Crippen LogP contribution is -2.17. The number of fused-ring (bicyclic) bond motifs is 1. The molecule has 1 N–H and O–H groups in total. The number of amides is 1. The Morgan fingerprint density at radius 2 is 2.05 bits per heavy atom. The molecule has 0 fully saturated rings. The van der Waals surface area contributed by atoms with E-state index in [-0.39, 0.29) is 18.3 Å². The van der Waals surface area contributed by atoms with E-state index in [0.717, 1.165) is 42.5 Å². The van der Waals surface area contributed by atoms with Crippen molar-refractivity contribution in [3.05, 3.63) is 62.7 Å². The molecule has 0 bridgehead atoms. The number of aryl methyl sites for hydroxylation is 1. The fourth-order valence-corrected chi connectivity index (χ4v) is 6.54. The van der Waals surface area contributed by atoms with E-state index in [4.69, 9.17) is 32.7 Å². The molecule has 2 aromatic heterocycles. The van der Waals surface area contributed by atoms with Crippen LogP contribution in [0.2, 0.25) is 10.0 Å². The fourth-order valence-electron chi connectivity index (χ4n) is 4.02. The number of nitrogens with one attached hydrogen (secondary N) is 1. The number of methoxy groups -OCH3 is 1. The SMILES string of the molecule is C=CCn1c(COc2ccc(Cl)cc2Cl)nnc1SCC(=O)Nc1sc2c(c1C(=O)OC)CCCCC2. The Morgan fingerprint density at radius 1 is 1.24 bits per heavy atom. The van der Waals surface area contributed by atoms with Gasteiger partial charge in [-0.2, -0.15) is 0 Å². The number of carbonyl (C=O) groups is 2. The summed E-state index contributed by atoms with van der Waals surface area (Å²) in [6.45, 7) is 4.36. The van der Waals surface area contributed by atoms with Gasteiger partial charge in [0.2, 0.25) is 5.91 Å². The number of rotatable bonds is 10. The smallest absolute Gasteiger partial charge is 0.341 e. The molecule has 0 aliphatic heterocycles. The number of hydrogen-bond acceptors (Lipinski definition) is 8. The van der Waals surface area contributed by atoms with E-state index in [1.807, 2.05) is 4.57 Å². The summed E-state index contributed by atoms with van der Waals surface area (Å²) in [6.07, 6.45) is 6.67. The molecule has 0 spiro atoms. The zero-order valence-corrected chi connectivity index (χ0v) is 23.4. The molecule has 196 valence electrons. The van der Waals surface area contributed by atoms with Crippen molar-refractivity contribution in [3.8, 4) is 5.75 Å². The number of anilines is 1. The van der Waals surface area contributed by atoms with Crippen molar-refractivity contribution in [1.29, 1.82) is 0 Å². The van der Waals surface area contributed by atoms with Gasteiger partial charge in [-0.3, -0.25) is 9.36 Å². The summed E-state index contributed by atoms with van der Waals surface area (Å²) in [7, 11) is 1.36. The highest BCUT2D eigenvalue weighted by atomic mass is 35.5. The Labute approximate surface area is 233 Å². The number of benzene rings is 1. The van der Waals surface area contributed by atoms with Crippen LogP contribution in [0.5, 0.6) is 5.75 Å². The molecule has 4 rings (SSSR count). The van der Waals surface area contributed by atoms with E-state index < -0.39 is 5.97 Å². The van der Waals surface area contributed by atoms with Gasteiger partial charge in [0, 0.05) is 16.4 Å². The number of thioether (sulfide) groups is 1. The molecule has 1 aliphatic rings. The lowest BCUT2D eigenvalue weighted by atomic mass is 10.1. The van der Waals surface area contributed by atoms with Gasteiger partial charge in [-0.25, -0.2) is 4.79 Å². The third-order valence-corrected chi connectivity index (χ3v) is 8.46. The summed E-state index contributed by atoms with van der Waals surface area (Å²) in [5, 5.41) is 13.4. The molecule has 0 unspecified atom stereocenters. The van der Waals surface area contributed by atoms with E-state index in [1.165, 1.54) is 30.2 Å². The van der Waals surface area contributed by atoms with Crippen molar-refractivity contribution >= 4 is 63.2 Å². The molecule has 3 aromatic rings. The second-order valence-electron chi connectivity index (χ2n) is 8.26. The second kappa shape index (κ2) is 12.8. The van der Waals surface area contributed by atoms with Gasteiger partial charge in [0.25, 0.3) is 0 Å². The van der Waals surface area contributed by atoms with Gasteiger partial charge in [0.1, 0.15) is 17.4 Å². The topological polar surface area (TPSA) is 95.3 Å². The lowest BCUT2D eigenvalue weighted by molar-refractivity contribution is -0.113. The monoisotopic (exact) mass is 580 g/mol. The Kier molecular flexibility index (Phi) is 9.53. The van der Waals surface area contributed by atoms with Gasteiger partial charge >= 0.3 is 5.97 Å². The van der Waals surface area contributed by atoms with Crippen LogP contribution in [-0.2, 0) is 35.5 Å². The van der Waals surface area contributed by atoms with Gasteiger partial charge in [-0.1, -0.05) is 47.5 Å². The van der Waals surface area contributed by atoms with Gasteiger partial charge < -0.3 is 14.8 Å². The minimum Gasteiger partial charge on any atom is -0.484 e. The summed E-state index contributed by atoms with van der Waals surface area (Å²) < 4.78 is 12.6.